The normalized spacial score (nSPS) is 11.4. The average Bonchev–Trinajstić information content (AvgIpc) is 2.57. The zero-order valence-corrected chi connectivity index (χ0v) is 12.7. The first kappa shape index (κ1) is 14.7. The number of halogens is 1. The third kappa shape index (κ3) is 4.08. The summed E-state index contributed by atoms with van der Waals surface area (Å²) >= 11 is 3.61. The Morgan fingerprint density at radius 1 is 1.41 bits per heavy atom. The van der Waals surface area contributed by atoms with Crippen molar-refractivity contribution in [2.45, 2.75) is 33.9 Å². The minimum absolute atomic E-state index is 0.781. The highest BCUT2D eigenvalue weighted by Crippen LogP contribution is 2.22. The Hall–Kier alpha value is -0.390. The molecule has 0 radical (unpaired) electrons. The quantitative estimate of drug-likeness (QED) is 0.725. The molecule has 0 aliphatic carbocycles. The summed E-state index contributed by atoms with van der Waals surface area (Å²) in [6.07, 6.45) is 0. The van der Waals surface area contributed by atoms with Crippen LogP contribution in [0.1, 0.15) is 25.2 Å². The van der Waals surface area contributed by atoms with Crippen molar-refractivity contribution in [1.82, 2.24) is 14.7 Å². The number of hydrogen-bond donors (Lipinski definition) is 0. The molecule has 0 saturated heterocycles. The summed E-state index contributed by atoms with van der Waals surface area (Å²) in [4.78, 5) is 2.25. The third-order valence-corrected chi connectivity index (χ3v) is 3.73. The fourth-order valence-corrected chi connectivity index (χ4v) is 2.13. The largest absolute Gasteiger partial charge is 0.380 e. The van der Waals surface area contributed by atoms with Gasteiger partial charge in [-0.25, -0.2) is 0 Å². The van der Waals surface area contributed by atoms with E-state index in [1.54, 1.807) is 0 Å². The molecule has 5 heteroatoms. The van der Waals surface area contributed by atoms with Crippen molar-refractivity contribution in [2.24, 2.45) is 0 Å². The standard InChI is InChI=1S/C12H22BrN3O/c1-5-16-11(12(13)10(3)14-16)9-15(4)7-8-17-6-2/h5-9H2,1-4H3. The minimum atomic E-state index is 0.781. The lowest BCUT2D eigenvalue weighted by Gasteiger charge is -2.17. The van der Waals surface area contributed by atoms with E-state index in [1.807, 2.05) is 13.8 Å². The molecule has 1 heterocycles. The fraction of sp³-hybridized carbons (Fsp3) is 0.750. The maximum atomic E-state index is 5.36. The van der Waals surface area contributed by atoms with E-state index in [1.165, 1.54) is 5.69 Å². The highest BCUT2D eigenvalue weighted by molar-refractivity contribution is 9.10. The number of aromatic nitrogens is 2. The van der Waals surface area contributed by atoms with Gasteiger partial charge in [-0.3, -0.25) is 9.58 Å². The molecule has 0 fully saturated rings. The smallest absolute Gasteiger partial charge is 0.0739 e. The zero-order valence-electron chi connectivity index (χ0n) is 11.2. The van der Waals surface area contributed by atoms with E-state index < -0.39 is 0 Å². The molecule has 0 bridgehead atoms. The van der Waals surface area contributed by atoms with Gasteiger partial charge in [-0.2, -0.15) is 5.10 Å². The Balaban J connectivity index is 2.60. The summed E-state index contributed by atoms with van der Waals surface area (Å²) < 4.78 is 8.54. The molecule has 0 amide bonds. The van der Waals surface area contributed by atoms with Gasteiger partial charge in [-0.15, -0.1) is 0 Å². The molecule has 4 nitrogen and oxygen atoms in total. The van der Waals surface area contributed by atoms with E-state index in [0.29, 0.717) is 0 Å². The van der Waals surface area contributed by atoms with Gasteiger partial charge in [-0.1, -0.05) is 0 Å². The summed E-state index contributed by atoms with van der Waals surface area (Å²) in [5.74, 6) is 0. The summed E-state index contributed by atoms with van der Waals surface area (Å²) in [6.45, 7) is 10.5. The minimum Gasteiger partial charge on any atom is -0.380 e. The number of rotatable bonds is 7. The monoisotopic (exact) mass is 303 g/mol. The molecular weight excluding hydrogens is 282 g/mol. The van der Waals surface area contributed by atoms with Crippen molar-refractivity contribution >= 4 is 15.9 Å². The zero-order chi connectivity index (χ0) is 12.8. The van der Waals surface area contributed by atoms with Crippen LogP contribution < -0.4 is 0 Å². The van der Waals surface area contributed by atoms with E-state index in [-0.39, 0.29) is 0 Å². The predicted octanol–water partition coefficient (Wildman–Crippen LogP) is 2.44. The Labute approximate surface area is 112 Å². The van der Waals surface area contributed by atoms with Gasteiger partial charge < -0.3 is 4.74 Å². The van der Waals surface area contributed by atoms with Gasteiger partial charge in [0.1, 0.15) is 0 Å². The van der Waals surface area contributed by atoms with Crippen LogP contribution in [0.3, 0.4) is 0 Å². The highest BCUT2D eigenvalue weighted by atomic mass is 79.9. The van der Waals surface area contributed by atoms with Gasteiger partial charge in [0.15, 0.2) is 0 Å². The summed E-state index contributed by atoms with van der Waals surface area (Å²) in [5.41, 5.74) is 2.30. The van der Waals surface area contributed by atoms with E-state index in [9.17, 15) is 0 Å². The molecule has 0 spiro atoms. The second kappa shape index (κ2) is 7.13. The molecule has 0 atom stereocenters. The van der Waals surface area contributed by atoms with Gasteiger partial charge in [-0.05, 0) is 43.7 Å². The van der Waals surface area contributed by atoms with Gasteiger partial charge in [0.25, 0.3) is 0 Å². The van der Waals surface area contributed by atoms with Crippen molar-refractivity contribution in [3.05, 3.63) is 15.9 Å². The Morgan fingerprint density at radius 3 is 2.71 bits per heavy atom. The van der Waals surface area contributed by atoms with Crippen LogP contribution in [0, 0.1) is 6.92 Å². The second-order valence-corrected chi connectivity index (χ2v) is 4.89. The third-order valence-electron chi connectivity index (χ3n) is 2.69. The van der Waals surface area contributed by atoms with E-state index >= 15 is 0 Å². The highest BCUT2D eigenvalue weighted by Gasteiger charge is 2.13. The molecule has 1 aromatic rings. The maximum absolute atomic E-state index is 5.36. The molecule has 0 aliphatic rings. The Morgan fingerprint density at radius 2 is 2.12 bits per heavy atom. The van der Waals surface area contributed by atoms with Crippen LogP contribution in [-0.4, -0.2) is 41.5 Å². The lowest BCUT2D eigenvalue weighted by molar-refractivity contribution is 0.119. The molecular formula is C12H22BrN3O. The first-order valence-electron chi connectivity index (χ1n) is 6.08. The maximum Gasteiger partial charge on any atom is 0.0739 e. The van der Waals surface area contributed by atoms with E-state index in [2.05, 4.69) is 44.6 Å². The van der Waals surface area contributed by atoms with E-state index in [4.69, 9.17) is 4.74 Å². The van der Waals surface area contributed by atoms with Crippen LogP contribution in [0.25, 0.3) is 0 Å². The van der Waals surface area contributed by atoms with Crippen LogP contribution in [0.5, 0.6) is 0 Å². The van der Waals surface area contributed by atoms with Gasteiger partial charge in [0, 0.05) is 26.2 Å². The van der Waals surface area contributed by atoms with Crippen molar-refractivity contribution in [3.8, 4) is 0 Å². The number of likely N-dealkylation sites (N-methyl/N-ethyl adjacent to an activating group) is 1. The Kier molecular flexibility index (Phi) is 6.16. The fourth-order valence-electron chi connectivity index (χ4n) is 1.72. The van der Waals surface area contributed by atoms with Crippen molar-refractivity contribution < 1.29 is 4.74 Å². The van der Waals surface area contributed by atoms with Crippen LogP contribution in [0.15, 0.2) is 4.47 Å². The van der Waals surface area contributed by atoms with Crippen molar-refractivity contribution in [1.29, 1.82) is 0 Å². The predicted molar refractivity (Wildman–Crippen MR) is 73.2 cm³/mol. The molecule has 17 heavy (non-hydrogen) atoms. The number of aryl methyl sites for hydroxylation is 2. The van der Waals surface area contributed by atoms with Crippen molar-refractivity contribution in [3.63, 3.8) is 0 Å². The van der Waals surface area contributed by atoms with Crippen molar-refractivity contribution in [2.75, 3.05) is 26.8 Å². The summed E-state index contributed by atoms with van der Waals surface area (Å²) in [7, 11) is 2.10. The lowest BCUT2D eigenvalue weighted by atomic mass is 10.3. The van der Waals surface area contributed by atoms with Crippen LogP contribution in [0.4, 0.5) is 0 Å². The second-order valence-electron chi connectivity index (χ2n) is 4.10. The van der Waals surface area contributed by atoms with Crippen LogP contribution in [-0.2, 0) is 17.8 Å². The van der Waals surface area contributed by atoms with Gasteiger partial charge in [0.2, 0.25) is 0 Å². The first-order valence-corrected chi connectivity index (χ1v) is 6.87. The summed E-state index contributed by atoms with van der Waals surface area (Å²) in [5, 5.41) is 4.49. The SMILES string of the molecule is CCOCCN(C)Cc1c(Br)c(C)nn1CC. The molecule has 0 unspecified atom stereocenters. The van der Waals surface area contributed by atoms with Gasteiger partial charge >= 0.3 is 0 Å². The van der Waals surface area contributed by atoms with Crippen LogP contribution in [0.2, 0.25) is 0 Å². The summed E-state index contributed by atoms with van der Waals surface area (Å²) in [6, 6.07) is 0. The molecule has 0 N–H and O–H groups in total. The molecule has 98 valence electrons. The van der Waals surface area contributed by atoms with E-state index in [0.717, 1.165) is 43.0 Å². The number of ether oxygens (including phenoxy) is 1. The molecule has 0 aliphatic heterocycles. The number of nitrogens with zero attached hydrogens (tertiary/aromatic N) is 3. The van der Waals surface area contributed by atoms with Gasteiger partial charge in [0.05, 0.1) is 22.5 Å². The molecule has 1 rings (SSSR count). The molecule has 1 aromatic heterocycles. The topological polar surface area (TPSA) is 30.3 Å². The first-order chi connectivity index (χ1) is 8.10. The Bertz CT molecular complexity index is 352. The molecule has 0 saturated carbocycles. The molecule has 0 aromatic carbocycles. The lowest BCUT2D eigenvalue weighted by Crippen LogP contribution is -2.24. The number of hydrogen-bond acceptors (Lipinski definition) is 3. The van der Waals surface area contributed by atoms with Crippen LogP contribution >= 0.6 is 15.9 Å². The average molecular weight is 304 g/mol.